The number of unbranched alkanes of at least 4 members (excludes halogenated alkanes) is 1. The van der Waals surface area contributed by atoms with Crippen molar-refractivity contribution < 1.29 is 9.47 Å². The average Bonchev–Trinajstić information content (AvgIpc) is 2.79. The van der Waals surface area contributed by atoms with E-state index in [2.05, 4.69) is 0 Å². The van der Waals surface area contributed by atoms with E-state index in [4.69, 9.17) is 55.9 Å². The van der Waals surface area contributed by atoms with Gasteiger partial charge in [-0.3, -0.25) is 0 Å². The van der Waals surface area contributed by atoms with Crippen LogP contribution in [-0.4, -0.2) is 23.2 Å². The van der Waals surface area contributed by atoms with Crippen molar-refractivity contribution in [3.8, 4) is 23.6 Å². The molecule has 0 unspecified atom stereocenters. The molecule has 0 aliphatic rings. The van der Waals surface area contributed by atoms with E-state index in [1.807, 2.05) is 60.7 Å². The van der Waals surface area contributed by atoms with Crippen molar-refractivity contribution in [3.63, 3.8) is 0 Å². The number of nitriles is 2. The summed E-state index contributed by atoms with van der Waals surface area (Å²) in [6.07, 6.45) is 4.95. The molecule has 6 nitrogen and oxygen atoms in total. The standard InChI is InChI=1S/C24H22N4O2S2/c25-15-19(23(27)31)13-17-3-7-21(8-4-17)29-11-1-2-12-30-22-9-5-18(6-10-22)14-20(16-26)24(28)32/h3-10,13-14H,1-2,11-12H2,(H2,27,31)(H2,28,32)/b19-13-,20-14-. The van der Waals surface area contributed by atoms with Crippen LogP contribution in [0.2, 0.25) is 0 Å². The minimum atomic E-state index is 0.0761. The minimum absolute atomic E-state index is 0.0761. The highest BCUT2D eigenvalue weighted by atomic mass is 32.1. The molecule has 0 aliphatic heterocycles. The van der Waals surface area contributed by atoms with Crippen LogP contribution in [0.3, 0.4) is 0 Å². The Morgan fingerprint density at radius 1 is 0.719 bits per heavy atom. The van der Waals surface area contributed by atoms with Gasteiger partial charge in [-0.05, 0) is 60.4 Å². The number of ether oxygens (including phenoxy) is 2. The summed E-state index contributed by atoms with van der Waals surface area (Å²) >= 11 is 9.66. The van der Waals surface area contributed by atoms with Gasteiger partial charge in [-0.2, -0.15) is 10.5 Å². The molecule has 2 aromatic carbocycles. The van der Waals surface area contributed by atoms with E-state index in [0.717, 1.165) is 35.5 Å². The second kappa shape index (κ2) is 12.9. The Bertz CT molecular complexity index is 1000. The number of hydrogen-bond acceptors (Lipinski definition) is 6. The molecule has 0 amide bonds. The Morgan fingerprint density at radius 2 is 1.06 bits per heavy atom. The van der Waals surface area contributed by atoms with Gasteiger partial charge in [0.25, 0.3) is 0 Å². The van der Waals surface area contributed by atoms with E-state index < -0.39 is 0 Å². The van der Waals surface area contributed by atoms with Crippen LogP contribution < -0.4 is 20.9 Å². The lowest BCUT2D eigenvalue weighted by Gasteiger charge is -2.08. The van der Waals surface area contributed by atoms with Crippen molar-refractivity contribution in [1.29, 1.82) is 10.5 Å². The molecule has 0 spiro atoms. The number of nitrogens with two attached hydrogens (primary N) is 2. The Balaban J connectivity index is 1.71. The van der Waals surface area contributed by atoms with E-state index in [-0.39, 0.29) is 21.1 Å². The van der Waals surface area contributed by atoms with Crippen molar-refractivity contribution >= 4 is 46.6 Å². The van der Waals surface area contributed by atoms with Gasteiger partial charge >= 0.3 is 0 Å². The molecular formula is C24H22N4O2S2. The zero-order valence-electron chi connectivity index (χ0n) is 17.3. The Morgan fingerprint density at radius 3 is 1.34 bits per heavy atom. The predicted octanol–water partition coefficient (Wildman–Crippen LogP) is 4.31. The van der Waals surface area contributed by atoms with Crippen molar-refractivity contribution in [1.82, 2.24) is 0 Å². The summed E-state index contributed by atoms with van der Waals surface area (Å²) in [5.41, 5.74) is 13.2. The van der Waals surface area contributed by atoms with Gasteiger partial charge in [0.15, 0.2) is 0 Å². The molecular weight excluding hydrogens is 440 g/mol. The van der Waals surface area contributed by atoms with Crippen LogP contribution in [-0.2, 0) is 0 Å². The molecule has 8 heteroatoms. The number of thiocarbonyl (C=S) groups is 2. The second-order valence-electron chi connectivity index (χ2n) is 6.61. The fourth-order valence-electron chi connectivity index (χ4n) is 2.56. The van der Waals surface area contributed by atoms with Gasteiger partial charge in [-0.25, -0.2) is 0 Å². The van der Waals surface area contributed by atoms with Crippen LogP contribution >= 0.6 is 24.4 Å². The van der Waals surface area contributed by atoms with Gasteiger partial charge in [0.05, 0.1) is 24.4 Å². The predicted molar refractivity (Wildman–Crippen MR) is 134 cm³/mol. The van der Waals surface area contributed by atoms with E-state index in [1.54, 1.807) is 12.2 Å². The third-order valence-electron chi connectivity index (χ3n) is 4.23. The summed E-state index contributed by atoms with van der Waals surface area (Å²) in [5.74, 6) is 1.49. The largest absolute Gasteiger partial charge is 0.494 e. The van der Waals surface area contributed by atoms with Crippen LogP contribution in [0, 0.1) is 22.7 Å². The van der Waals surface area contributed by atoms with Crippen LogP contribution in [0.4, 0.5) is 0 Å². The highest BCUT2D eigenvalue weighted by molar-refractivity contribution is 7.81. The maximum Gasteiger partial charge on any atom is 0.119 e. The lowest BCUT2D eigenvalue weighted by Crippen LogP contribution is -2.09. The normalized spacial score (nSPS) is 11.2. The smallest absolute Gasteiger partial charge is 0.119 e. The molecule has 0 saturated carbocycles. The molecule has 0 heterocycles. The summed E-state index contributed by atoms with van der Waals surface area (Å²) in [6.45, 7) is 1.13. The first-order valence-corrected chi connectivity index (χ1v) is 10.5. The van der Waals surface area contributed by atoms with Crippen molar-refractivity contribution in [2.24, 2.45) is 11.5 Å². The molecule has 0 bridgehead atoms. The SMILES string of the molecule is N#C/C(=C/c1ccc(OCCCCOc2ccc(/C=C(/C#N)C(N)=S)cc2)cc1)C(N)=S. The maximum atomic E-state index is 9.00. The van der Waals surface area contributed by atoms with E-state index in [1.165, 1.54) is 0 Å². The van der Waals surface area contributed by atoms with Gasteiger partial charge < -0.3 is 20.9 Å². The van der Waals surface area contributed by atoms with Gasteiger partial charge in [0, 0.05) is 0 Å². The molecule has 0 saturated heterocycles. The third-order valence-corrected chi connectivity index (χ3v) is 4.67. The highest BCUT2D eigenvalue weighted by Crippen LogP contribution is 2.17. The average molecular weight is 463 g/mol. The molecule has 2 rings (SSSR count). The molecule has 0 aliphatic carbocycles. The summed E-state index contributed by atoms with van der Waals surface area (Å²) in [7, 11) is 0. The monoisotopic (exact) mass is 462 g/mol. The van der Waals surface area contributed by atoms with Crippen LogP contribution in [0.15, 0.2) is 59.7 Å². The Hall–Kier alpha value is -3.72. The maximum absolute atomic E-state index is 9.00. The zero-order chi connectivity index (χ0) is 23.3. The molecule has 162 valence electrons. The molecule has 0 fully saturated rings. The lowest BCUT2D eigenvalue weighted by atomic mass is 10.1. The number of nitrogens with zero attached hydrogens (tertiary/aromatic N) is 2. The van der Waals surface area contributed by atoms with Gasteiger partial charge in [-0.15, -0.1) is 0 Å². The quantitative estimate of drug-likeness (QED) is 0.219. The van der Waals surface area contributed by atoms with Crippen molar-refractivity contribution in [2.45, 2.75) is 12.8 Å². The van der Waals surface area contributed by atoms with Crippen molar-refractivity contribution in [2.75, 3.05) is 13.2 Å². The third kappa shape index (κ3) is 8.19. The van der Waals surface area contributed by atoms with E-state index in [0.29, 0.717) is 13.2 Å². The van der Waals surface area contributed by atoms with Gasteiger partial charge in [0.2, 0.25) is 0 Å². The first-order valence-electron chi connectivity index (χ1n) is 9.72. The number of rotatable bonds is 11. The molecule has 0 radical (unpaired) electrons. The topological polar surface area (TPSA) is 118 Å². The Kier molecular flexibility index (Phi) is 9.86. The van der Waals surface area contributed by atoms with Crippen LogP contribution in [0.25, 0.3) is 12.2 Å². The van der Waals surface area contributed by atoms with Crippen molar-refractivity contribution in [3.05, 3.63) is 70.8 Å². The van der Waals surface area contributed by atoms with Gasteiger partial charge in [-0.1, -0.05) is 48.7 Å². The first-order chi connectivity index (χ1) is 15.4. The first kappa shape index (κ1) is 24.5. The Labute approximate surface area is 198 Å². The minimum Gasteiger partial charge on any atom is -0.494 e. The summed E-state index contributed by atoms with van der Waals surface area (Å²) < 4.78 is 11.5. The fraction of sp³-hybridized carbons (Fsp3) is 0.167. The van der Waals surface area contributed by atoms with Crippen LogP contribution in [0.5, 0.6) is 11.5 Å². The lowest BCUT2D eigenvalue weighted by molar-refractivity contribution is 0.266. The molecule has 0 aromatic heterocycles. The van der Waals surface area contributed by atoms with Crippen LogP contribution in [0.1, 0.15) is 24.0 Å². The summed E-state index contributed by atoms with van der Waals surface area (Å²) in [5, 5.41) is 18.0. The number of benzene rings is 2. The molecule has 2 aromatic rings. The van der Waals surface area contributed by atoms with E-state index in [9.17, 15) is 0 Å². The summed E-state index contributed by atoms with van der Waals surface area (Å²) in [4.78, 5) is 0.152. The second-order valence-corrected chi connectivity index (χ2v) is 7.49. The fourth-order valence-corrected chi connectivity index (χ4v) is 2.76. The molecule has 0 atom stereocenters. The number of hydrogen-bond donors (Lipinski definition) is 2. The zero-order valence-corrected chi connectivity index (χ0v) is 18.9. The van der Waals surface area contributed by atoms with Gasteiger partial charge in [0.1, 0.15) is 33.6 Å². The molecule has 4 N–H and O–H groups in total. The molecule has 32 heavy (non-hydrogen) atoms. The highest BCUT2D eigenvalue weighted by Gasteiger charge is 2.02. The van der Waals surface area contributed by atoms with E-state index >= 15 is 0 Å². The summed E-state index contributed by atoms with van der Waals surface area (Å²) in [6, 6.07) is 18.7.